The fourth-order valence-corrected chi connectivity index (χ4v) is 7.70. The van der Waals surface area contributed by atoms with Crippen LogP contribution in [0.1, 0.15) is 89.2 Å². The van der Waals surface area contributed by atoms with Crippen molar-refractivity contribution < 1.29 is 5.11 Å². The van der Waals surface area contributed by atoms with Crippen LogP contribution in [0.3, 0.4) is 0 Å². The lowest BCUT2D eigenvalue weighted by Gasteiger charge is -2.39. The van der Waals surface area contributed by atoms with Crippen molar-refractivity contribution in [2.24, 2.45) is 0 Å². The maximum absolute atomic E-state index is 11.5. The third kappa shape index (κ3) is 3.65. The fourth-order valence-electron chi connectivity index (χ4n) is 5.31. The molecule has 0 radical (unpaired) electrons. The van der Waals surface area contributed by atoms with E-state index in [-0.39, 0.29) is 10.8 Å². The van der Waals surface area contributed by atoms with E-state index in [1.54, 1.807) is 20.7 Å². The van der Waals surface area contributed by atoms with E-state index in [0.717, 1.165) is 3.82 Å². The minimum atomic E-state index is 0.0825. The molecule has 2 fully saturated rings. The van der Waals surface area contributed by atoms with Gasteiger partial charge in [-0.05, 0) is 54.2 Å². The first-order valence-corrected chi connectivity index (χ1v) is 13.0. The highest BCUT2D eigenvalue weighted by atomic mass is 32.9. The zero-order valence-electron chi connectivity index (χ0n) is 16.5. The summed E-state index contributed by atoms with van der Waals surface area (Å²) in [6.07, 6.45) is 12.4. The fraction of sp³-hybridized carbons (Fsp3) is 0.609. The highest BCUT2D eigenvalue weighted by Gasteiger charge is 2.37. The van der Waals surface area contributed by atoms with Crippen molar-refractivity contribution in [2.45, 2.75) is 88.9 Å². The predicted molar refractivity (Wildman–Crippen MR) is 121 cm³/mol. The number of aromatic hydroxyl groups is 1. The Morgan fingerprint density at radius 1 is 0.852 bits per heavy atom. The number of phenols is 1. The zero-order chi connectivity index (χ0) is 19.1. The molecule has 0 amide bonds. The van der Waals surface area contributed by atoms with Gasteiger partial charge in [-0.3, -0.25) is 0 Å². The van der Waals surface area contributed by atoms with Crippen molar-refractivity contribution in [3.63, 3.8) is 0 Å². The lowest BCUT2D eigenvalue weighted by molar-refractivity contribution is 0.290. The van der Waals surface area contributed by atoms with Gasteiger partial charge in [0.2, 0.25) is 0 Å². The normalized spacial score (nSPS) is 21.9. The molecular formula is C23H30OS3. The lowest BCUT2D eigenvalue weighted by Crippen LogP contribution is -2.29. The van der Waals surface area contributed by atoms with Gasteiger partial charge in [0.1, 0.15) is 9.57 Å². The molecule has 0 aliphatic heterocycles. The van der Waals surface area contributed by atoms with E-state index in [1.807, 2.05) is 0 Å². The first kappa shape index (κ1) is 19.6. The zero-order valence-corrected chi connectivity index (χ0v) is 18.9. The van der Waals surface area contributed by atoms with E-state index >= 15 is 0 Å². The number of phenolic OH excluding ortho intramolecular Hbond substituents is 1. The SMILES string of the molecule is CC1(c2cc(-c3cssc3=S)cc(C3(C)CCCCC3)c2O)CCCCC1. The molecule has 2 aliphatic rings. The van der Waals surface area contributed by atoms with Gasteiger partial charge in [-0.1, -0.05) is 85.3 Å². The molecule has 146 valence electrons. The Balaban J connectivity index is 1.91. The Kier molecular flexibility index (Phi) is 5.52. The molecule has 2 saturated carbocycles. The molecule has 1 N–H and O–H groups in total. The quantitative estimate of drug-likeness (QED) is 0.399. The minimum Gasteiger partial charge on any atom is -0.507 e. The standard InChI is InChI=1S/C23H30OS3/c1-22(9-5-3-6-10-22)18-13-16(17-15-26-27-21(17)25)14-19(20(18)24)23(2)11-7-4-8-12-23/h13-15,24H,3-12H2,1-2H3. The van der Waals surface area contributed by atoms with Crippen molar-refractivity contribution >= 4 is 32.9 Å². The molecule has 0 spiro atoms. The second kappa shape index (κ2) is 7.61. The summed E-state index contributed by atoms with van der Waals surface area (Å²) < 4.78 is 0.977. The number of hydrogen-bond donors (Lipinski definition) is 1. The summed E-state index contributed by atoms with van der Waals surface area (Å²) in [6.45, 7) is 4.73. The summed E-state index contributed by atoms with van der Waals surface area (Å²) in [5.41, 5.74) is 4.91. The summed E-state index contributed by atoms with van der Waals surface area (Å²) in [5, 5.41) is 13.7. The van der Waals surface area contributed by atoms with Gasteiger partial charge in [-0.2, -0.15) is 0 Å². The third-order valence-corrected chi connectivity index (χ3v) is 9.81. The number of rotatable bonds is 3. The summed E-state index contributed by atoms with van der Waals surface area (Å²) in [4.78, 5) is 0. The molecule has 2 aliphatic carbocycles. The molecule has 0 atom stereocenters. The predicted octanol–water partition coefficient (Wildman–Crippen LogP) is 8.36. The average Bonchev–Trinajstić information content (AvgIpc) is 3.09. The summed E-state index contributed by atoms with van der Waals surface area (Å²) in [6, 6.07) is 4.53. The van der Waals surface area contributed by atoms with Crippen molar-refractivity contribution in [1.29, 1.82) is 0 Å². The topological polar surface area (TPSA) is 20.2 Å². The Morgan fingerprint density at radius 3 is 1.74 bits per heavy atom. The van der Waals surface area contributed by atoms with Crippen molar-refractivity contribution in [3.8, 4) is 16.9 Å². The summed E-state index contributed by atoms with van der Waals surface area (Å²) in [5.74, 6) is 0.581. The monoisotopic (exact) mass is 418 g/mol. The molecule has 0 unspecified atom stereocenters. The van der Waals surface area contributed by atoms with Gasteiger partial charge in [0, 0.05) is 22.1 Å². The van der Waals surface area contributed by atoms with Crippen LogP contribution in [0.4, 0.5) is 0 Å². The van der Waals surface area contributed by atoms with Crippen LogP contribution in [-0.4, -0.2) is 5.11 Å². The van der Waals surface area contributed by atoms with Crippen LogP contribution in [0.15, 0.2) is 17.5 Å². The van der Waals surface area contributed by atoms with E-state index in [4.69, 9.17) is 12.2 Å². The Bertz CT molecular complexity index is 819. The van der Waals surface area contributed by atoms with Crippen molar-refractivity contribution in [1.82, 2.24) is 0 Å². The Morgan fingerprint density at radius 2 is 1.33 bits per heavy atom. The minimum absolute atomic E-state index is 0.0825. The van der Waals surface area contributed by atoms with Gasteiger partial charge in [0.25, 0.3) is 0 Å². The first-order valence-electron chi connectivity index (χ1n) is 10.4. The maximum Gasteiger partial charge on any atom is 0.123 e. The van der Waals surface area contributed by atoms with Gasteiger partial charge in [-0.15, -0.1) is 0 Å². The summed E-state index contributed by atoms with van der Waals surface area (Å²) in [7, 11) is 3.40. The average molecular weight is 419 g/mol. The molecule has 1 aromatic carbocycles. The van der Waals surface area contributed by atoms with E-state index in [0.29, 0.717) is 5.75 Å². The maximum atomic E-state index is 11.5. The molecule has 4 rings (SSSR count). The molecule has 2 aromatic rings. The van der Waals surface area contributed by atoms with E-state index in [1.165, 1.54) is 86.5 Å². The van der Waals surface area contributed by atoms with Crippen LogP contribution in [0.5, 0.6) is 5.75 Å². The lowest BCUT2D eigenvalue weighted by atomic mass is 9.66. The van der Waals surface area contributed by atoms with Crippen LogP contribution < -0.4 is 0 Å². The number of benzene rings is 1. The van der Waals surface area contributed by atoms with E-state index in [2.05, 4.69) is 31.4 Å². The van der Waals surface area contributed by atoms with Crippen LogP contribution in [0.2, 0.25) is 0 Å². The van der Waals surface area contributed by atoms with Crippen molar-refractivity contribution in [3.05, 3.63) is 32.5 Å². The largest absolute Gasteiger partial charge is 0.507 e. The van der Waals surface area contributed by atoms with Gasteiger partial charge in [0.05, 0.1) is 0 Å². The van der Waals surface area contributed by atoms with Crippen LogP contribution in [-0.2, 0) is 10.8 Å². The highest BCUT2D eigenvalue weighted by Crippen LogP contribution is 2.50. The highest BCUT2D eigenvalue weighted by molar-refractivity contribution is 7.79. The second-order valence-electron chi connectivity index (χ2n) is 9.16. The van der Waals surface area contributed by atoms with Crippen LogP contribution in [0.25, 0.3) is 11.1 Å². The smallest absolute Gasteiger partial charge is 0.123 e. The van der Waals surface area contributed by atoms with Gasteiger partial charge in [-0.25, -0.2) is 0 Å². The second-order valence-corrected chi connectivity index (χ2v) is 11.9. The Labute approximate surface area is 175 Å². The number of hydrogen-bond acceptors (Lipinski definition) is 4. The van der Waals surface area contributed by atoms with Crippen LogP contribution in [0, 0.1) is 3.82 Å². The van der Waals surface area contributed by atoms with E-state index < -0.39 is 0 Å². The van der Waals surface area contributed by atoms with Crippen molar-refractivity contribution in [2.75, 3.05) is 0 Å². The Hall–Kier alpha value is -0.710. The van der Waals surface area contributed by atoms with Crippen LogP contribution >= 0.6 is 32.9 Å². The molecule has 0 saturated heterocycles. The van der Waals surface area contributed by atoms with Gasteiger partial charge in [0.15, 0.2) is 0 Å². The molecule has 4 heteroatoms. The van der Waals surface area contributed by atoms with E-state index in [9.17, 15) is 5.11 Å². The molecule has 27 heavy (non-hydrogen) atoms. The molecule has 1 heterocycles. The summed E-state index contributed by atoms with van der Waals surface area (Å²) >= 11 is 5.62. The molecular weight excluding hydrogens is 388 g/mol. The van der Waals surface area contributed by atoms with Gasteiger partial charge >= 0.3 is 0 Å². The molecule has 1 aromatic heterocycles. The van der Waals surface area contributed by atoms with Gasteiger partial charge < -0.3 is 5.11 Å². The third-order valence-electron chi connectivity index (χ3n) is 7.15. The first-order chi connectivity index (χ1) is 12.9. The molecule has 0 bridgehead atoms. The molecule has 1 nitrogen and oxygen atoms in total.